The fraction of sp³-hybridized carbons (Fsp3) is 0.348. The first kappa shape index (κ1) is 19.8. The highest BCUT2D eigenvalue weighted by molar-refractivity contribution is 6.15. The molecule has 0 spiro atoms. The third-order valence-electron chi connectivity index (χ3n) is 5.08. The minimum Gasteiger partial charge on any atom is -0.452 e. The fourth-order valence-electron chi connectivity index (χ4n) is 3.20. The van der Waals surface area contributed by atoms with E-state index < -0.39 is 5.97 Å². The molecule has 3 rings (SSSR count). The lowest BCUT2D eigenvalue weighted by Crippen LogP contribution is -2.37. The minimum atomic E-state index is -0.677. The van der Waals surface area contributed by atoms with E-state index in [1.54, 1.807) is 24.3 Å². The molecule has 0 radical (unpaired) electrons. The predicted molar refractivity (Wildman–Crippen MR) is 106 cm³/mol. The Kier molecular flexibility index (Phi) is 5.93. The number of aryl methyl sites for hydroxylation is 2. The smallest absolute Gasteiger partial charge is 0.339 e. The van der Waals surface area contributed by atoms with Gasteiger partial charge in [0.25, 0.3) is 5.91 Å². The van der Waals surface area contributed by atoms with E-state index in [0.29, 0.717) is 11.5 Å². The number of hydrogen-bond donors (Lipinski definition) is 1. The van der Waals surface area contributed by atoms with Crippen LogP contribution in [0.4, 0.5) is 0 Å². The van der Waals surface area contributed by atoms with Crippen LogP contribution in [0.5, 0.6) is 0 Å². The monoisotopic (exact) mass is 379 g/mol. The molecular weight excluding hydrogens is 354 g/mol. The van der Waals surface area contributed by atoms with Crippen molar-refractivity contribution in [1.82, 2.24) is 5.32 Å². The molecule has 28 heavy (non-hydrogen) atoms. The summed E-state index contributed by atoms with van der Waals surface area (Å²) < 4.78 is 5.17. The zero-order chi connectivity index (χ0) is 20.3. The molecule has 0 aliphatic heterocycles. The normalized spacial score (nSPS) is 14.2. The molecule has 1 amide bonds. The van der Waals surface area contributed by atoms with Gasteiger partial charge in [-0.2, -0.15) is 0 Å². The number of esters is 1. The van der Waals surface area contributed by atoms with Crippen LogP contribution in [0.3, 0.4) is 0 Å². The molecule has 2 aromatic rings. The lowest BCUT2D eigenvalue weighted by atomic mass is 9.94. The molecule has 1 aliphatic carbocycles. The molecule has 1 aliphatic rings. The van der Waals surface area contributed by atoms with Gasteiger partial charge in [0.05, 0.1) is 5.56 Å². The largest absolute Gasteiger partial charge is 0.452 e. The maximum Gasteiger partial charge on any atom is 0.339 e. The zero-order valence-corrected chi connectivity index (χ0v) is 16.5. The molecule has 0 heterocycles. The fourth-order valence-corrected chi connectivity index (χ4v) is 3.20. The summed E-state index contributed by atoms with van der Waals surface area (Å²) in [6.45, 7) is 5.37. The van der Waals surface area contributed by atoms with Crippen molar-refractivity contribution in [3.05, 3.63) is 70.3 Å². The van der Waals surface area contributed by atoms with Crippen molar-refractivity contribution < 1.29 is 19.1 Å². The first-order valence-electron chi connectivity index (χ1n) is 9.54. The summed E-state index contributed by atoms with van der Waals surface area (Å²) in [5, 5.41) is 2.84. The average molecular weight is 379 g/mol. The second-order valence-electron chi connectivity index (χ2n) is 7.46. The Morgan fingerprint density at radius 3 is 2.39 bits per heavy atom. The molecule has 0 saturated heterocycles. The predicted octanol–water partition coefficient (Wildman–Crippen LogP) is 3.61. The lowest BCUT2D eigenvalue weighted by Gasteiger charge is -2.13. The van der Waals surface area contributed by atoms with Gasteiger partial charge in [-0.25, -0.2) is 4.79 Å². The number of amides is 1. The summed E-state index contributed by atoms with van der Waals surface area (Å²) >= 11 is 0. The Labute approximate surface area is 165 Å². The summed E-state index contributed by atoms with van der Waals surface area (Å²) in [6, 6.07) is 12.3. The molecule has 146 valence electrons. The van der Waals surface area contributed by atoms with Gasteiger partial charge in [0.15, 0.2) is 12.4 Å². The van der Waals surface area contributed by atoms with Crippen LogP contribution < -0.4 is 5.32 Å². The number of carbonyl (C=O) groups excluding carboxylic acids is 3. The summed E-state index contributed by atoms with van der Waals surface area (Å²) in [6.07, 6.45) is 2.24. The van der Waals surface area contributed by atoms with Crippen LogP contribution in [0.1, 0.15) is 57.2 Å². The number of benzene rings is 2. The van der Waals surface area contributed by atoms with Crippen molar-refractivity contribution in [3.63, 3.8) is 0 Å². The number of rotatable bonds is 7. The van der Waals surface area contributed by atoms with Crippen LogP contribution in [0.25, 0.3) is 0 Å². The van der Waals surface area contributed by atoms with Gasteiger partial charge in [0.2, 0.25) is 0 Å². The molecule has 5 nitrogen and oxygen atoms in total. The molecule has 0 unspecified atom stereocenters. The van der Waals surface area contributed by atoms with Crippen molar-refractivity contribution in [2.75, 3.05) is 6.61 Å². The maximum atomic E-state index is 13.0. The lowest BCUT2D eigenvalue weighted by molar-refractivity contribution is -0.124. The van der Waals surface area contributed by atoms with E-state index in [0.717, 1.165) is 24.0 Å². The molecule has 0 aromatic heterocycles. The van der Waals surface area contributed by atoms with E-state index in [2.05, 4.69) is 5.32 Å². The van der Waals surface area contributed by atoms with Crippen LogP contribution in [-0.4, -0.2) is 30.3 Å². The maximum absolute atomic E-state index is 13.0. The van der Waals surface area contributed by atoms with E-state index in [1.165, 1.54) is 0 Å². The summed E-state index contributed by atoms with van der Waals surface area (Å²) in [5.74, 6) is -0.717. The molecule has 1 saturated carbocycles. The number of ether oxygens (including phenoxy) is 1. The molecule has 1 atom stereocenters. The molecule has 1 fully saturated rings. The third kappa shape index (κ3) is 4.66. The minimum absolute atomic E-state index is 0.0874. The van der Waals surface area contributed by atoms with Crippen LogP contribution >= 0.6 is 0 Å². The van der Waals surface area contributed by atoms with Crippen LogP contribution in [0.15, 0.2) is 42.5 Å². The standard InChI is InChI=1S/C23H25NO4/c1-14-8-9-15(2)20(12-14)22(26)18-6-4-5-7-19(18)23(27)28-13-21(25)24-16(3)17-10-11-17/h4-9,12,16-17H,10-11,13H2,1-3H3,(H,24,25)/t16-/m1/s1. The number of hydrogen-bond acceptors (Lipinski definition) is 4. The van der Waals surface area contributed by atoms with E-state index in [4.69, 9.17) is 4.74 Å². The highest BCUT2D eigenvalue weighted by Gasteiger charge is 2.29. The second-order valence-corrected chi connectivity index (χ2v) is 7.46. The number of ketones is 1. The van der Waals surface area contributed by atoms with E-state index in [1.807, 2.05) is 39.0 Å². The SMILES string of the molecule is Cc1ccc(C)c(C(=O)c2ccccc2C(=O)OCC(=O)N[C@H](C)C2CC2)c1. The number of carbonyl (C=O) groups is 3. The van der Waals surface area contributed by atoms with Crippen molar-refractivity contribution in [3.8, 4) is 0 Å². The van der Waals surface area contributed by atoms with E-state index in [9.17, 15) is 14.4 Å². The Morgan fingerprint density at radius 2 is 1.71 bits per heavy atom. The van der Waals surface area contributed by atoms with Gasteiger partial charge in [0.1, 0.15) is 0 Å². The quantitative estimate of drug-likeness (QED) is 0.589. The van der Waals surface area contributed by atoms with Gasteiger partial charge < -0.3 is 10.1 Å². The molecule has 1 N–H and O–H groups in total. The van der Waals surface area contributed by atoms with Crippen molar-refractivity contribution in [1.29, 1.82) is 0 Å². The van der Waals surface area contributed by atoms with Crippen LogP contribution in [0, 0.1) is 19.8 Å². The van der Waals surface area contributed by atoms with Gasteiger partial charge in [0, 0.05) is 17.2 Å². The third-order valence-corrected chi connectivity index (χ3v) is 5.08. The van der Waals surface area contributed by atoms with E-state index >= 15 is 0 Å². The highest BCUT2D eigenvalue weighted by atomic mass is 16.5. The van der Waals surface area contributed by atoms with E-state index in [-0.39, 0.29) is 35.5 Å². The van der Waals surface area contributed by atoms with Crippen molar-refractivity contribution >= 4 is 17.7 Å². The average Bonchev–Trinajstić information content (AvgIpc) is 3.53. The van der Waals surface area contributed by atoms with Gasteiger partial charge >= 0.3 is 5.97 Å². The molecule has 2 aromatic carbocycles. The summed E-state index contributed by atoms with van der Waals surface area (Å²) in [5.41, 5.74) is 2.79. The molecule has 0 bridgehead atoms. The first-order chi connectivity index (χ1) is 13.4. The van der Waals surface area contributed by atoms with Crippen molar-refractivity contribution in [2.24, 2.45) is 5.92 Å². The second kappa shape index (κ2) is 8.38. The summed E-state index contributed by atoms with van der Waals surface area (Å²) in [4.78, 5) is 37.5. The van der Waals surface area contributed by atoms with Crippen molar-refractivity contribution in [2.45, 2.75) is 39.7 Å². The van der Waals surface area contributed by atoms with Crippen LogP contribution in [-0.2, 0) is 9.53 Å². The van der Waals surface area contributed by atoms with Gasteiger partial charge in [-0.1, -0.05) is 35.9 Å². The Hall–Kier alpha value is -2.95. The molecular formula is C23H25NO4. The summed E-state index contributed by atoms with van der Waals surface area (Å²) in [7, 11) is 0. The first-order valence-corrected chi connectivity index (χ1v) is 9.54. The highest BCUT2D eigenvalue weighted by Crippen LogP contribution is 2.32. The van der Waals surface area contributed by atoms with Gasteiger partial charge in [-0.3, -0.25) is 9.59 Å². The van der Waals surface area contributed by atoms with Gasteiger partial charge in [-0.15, -0.1) is 0 Å². The zero-order valence-electron chi connectivity index (χ0n) is 16.5. The Bertz CT molecular complexity index is 915. The number of nitrogens with one attached hydrogen (secondary N) is 1. The van der Waals surface area contributed by atoms with Crippen LogP contribution in [0.2, 0.25) is 0 Å². The Morgan fingerprint density at radius 1 is 1.04 bits per heavy atom. The topological polar surface area (TPSA) is 72.5 Å². The molecule has 5 heteroatoms. The van der Waals surface area contributed by atoms with Gasteiger partial charge in [-0.05, 0) is 57.2 Å². The Balaban J connectivity index is 1.72.